The standard InChI is InChI=1S/C16H16BO4/c1-4-12-13(5-2)20-15(11-9-7-6-8-10-11)16(14(12)18)21-17-19-3/h4-10H,1-3H3/b12-4+,13-5+. The summed E-state index contributed by atoms with van der Waals surface area (Å²) in [5.74, 6) is 0.495. The molecule has 0 atom stereocenters. The van der Waals surface area contributed by atoms with E-state index in [0.717, 1.165) is 13.2 Å². The van der Waals surface area contributed by atoms with Gasteiger partial charge < -0.3 is 13.7 Å². The van der Waals surface area contributed by atoms with Crippen molar-refractivity contribution in [2.45, 2.75) is 13.8 Å². The lowest BCUT2D eigenvalue weighted by Gasteiger charge is -2.09. The van der Waals surface area contributed by atoms with Gasteiger partial charge in [0.05, 0.1) is 5.22 Å². The molecule has 1 aromatic heterocycles. The summed E-state index contributed by atoms with van der Waals surface area (Å²) in [7, 11) is 2.55. The molecule has 1 aromatic carbocycles. The molecule has 5 heteroatoms. The third kappa shape index (κ3) is 3.08. The molecule has 0 saturated heterocycles. The van der Waals surface area contributed by atoms with Crippen LogP contribution in [0, 0.1) is 0 Å². The first-order chi connectivity index (χ1) is 10.2. The van der Waals surface area contributed by atoms with Gasteiger partial charge in [-0.15, -0.1) is 0 Å². The minimum absolute atomic E-state index is 0.113. The molecule has 2 aromatic rings. The molecule has 107 valence electrons. The molecule has 2 rings (SSSR count). The second kappa shape index (κ2) is 6.95. The van der Waals surface area contributed by atoms with Crippen LogP contribution >= 0.6 is 0 Å². The van der Waals surface area contributed by atoms with E-state index in [1.54, 1.807) is 19.1 Å². The summed E-state index contributed by atoms with van der Waals surface area (Å²) in [6, 6.07) is 9.34. The Morgan fingerprint density at radius 3 is 2.43 bits per heavy atom. The largest absolute Gasteiger partial charge is 0.572 e. The van der Waals surface area contributed by atoms with Gasteiger partial charge in [-0.2, -0.15) is 0 Å². The topological polar surface area (TPSA) is 48.7 Å². The van der Waals surface area contributed by atoms with Crippen molar-refractivity contribution in [3.8, 4) is 17.1 Å². The van der Waals surface area contributed by atoms with E-state index in [4.69, 9.17) is 13.7 Å². The summed E-state index contributed by atoms with van der Waals surface area (Å²) in [5, 5.41) is 0.469. The summed E-state index contributed by atoms with van der Waals surface area (Å²) in [4.78, 5) is 12.6. The van der Waals surface area contributed by atoms with Gasteiger partial charge in [0.25, 0.3) is 0 Å². The highest BCUT2D eigenvalue weighted by Gasteiger charge is 2.16. The van der Waals surface area contributed by atoms with Crippen LogP contribution in [0.2, 0.25) is 0 Å². The Morgan fingerprint density at radius 2 is 1.86 bits per heavy atom. The van der Waals surface area contributed by atoms with Crippen LogP contribution in [0.1, 0.15) is 13.8 Å². The van der Waals surface area contributed by atoms with Gasteiger partial charge in [0, 0.05) is 12.7 Å². The number of rotatable bonds is 4. The molecular weight excluding hydrogens is 267 g/mol. The second-order valence-electron chi connectivity index (χ2n) is 4.26. The Labute approximate surface area is 123 Å². The summed E-state index contributed by atoms with van der Waals surface area (Å²) in [5.41, 5.74) is 1.05. The molecule has 21 heavy (non-hydrogen) atoms. The van der Waals surface area contributed by atoms with Crippen molar-refractivity contribution in [1.82, 2.24) is 0 Å². The minimum Gasteiger partial charge on any atom is -0.532 e. The van der Waals surface area contributed by atoms with Crippen LogP contribution in [0.5, 0.6) is 5.75 Å². The maximum atomic E-state index is 12.6. The molecule has 1 radical (unpaired) electrons. The van der Waals surface area contributed by atoms with Crippen LogP contribution in [0.25, 0.3) is 23.5 Å². The zero-order valence-corrected chi connectivity index (χ0v) is 12.3. The highest BCUT2D eigenvalue weighted by Crippen LogP contribution is 2.24. The van der Waals surface area contributed by atoms with E-state index >= 15 is 0 Å². The van der Waals surface area contributed by atoms with E-state index < -0.39 is 0 Å². The molecule has 4 nitrogen and oxygen atoms in total. The van der Waals surface area contributed by atoms with E-state index in [0.29, 0.717) is 16.4 Å². The van der Waals surface area contributed by atoms with Gasteiger partial charge in [-0.05, 0) is 19.9 Å². The number of hydrogen-bond acceptors (Lipinski definition) is 4. The predicted molar refractivity (Wildman–Crippen MR) is 83.3 cm³/mol. The highest BCUT2D eigenvalue weighted by atomic mass is 16.6. The van der Waals surface area contributed by atoms with Gasteiger partial charge in [-0.25, -0.2) is 0 Å². The second-order valence-corrected chi connectivity index (χ2v) is 4.26. The molecule has 1 heterocycles. The van der Waals surface area contributed by atoms with Crippen molar-refractivity contribution in [3.63, 3.8) is 0 Å². The summed E-state index contributed by atoms with van der Waals surface area (Å²) >= 11 is 0. The van der Waals surface area contributed by atoms with E-state index in [1.807, 2.05) is 37.3 Å². The van der Waals surface area contributed by atoms with Crippen molar-refractivity contribution in [3.05, 3.63) is 51.2 Å². The first kappa shape index (κ1) is 15.1. The maximum absolute atomic E-state index is 12.6. The summed E-state index contributed by atoms with van der Waals surface area (Å²) < 4.78 is 16.0. The zero-order valence-electron chi connectivity index (χ0n) is 12.3. The van der Waals surface area contributed by atoms with Crippen LogP contribution in [0.4, 0.5) is 0 Å². The fourth-order valence-corrected chi connectivity index (χ4v) is 2.02. The average molecular weight is 283 g/mol. The molecule has 0 aliphatic heterocycles. The van der Waals surface area contributed by atoms with Gasteiger partial charge in [0.1, 0.15) is 5.42 Å². The van der Waals surface area contributed by atoms with Crippen molar-refractivity contribution >= 4 is 19.8 Å². The average Bonchev–Trinajstić information content (AvgIpc) is 2.53. The lowest BCUT2D eigenvalue weighted by molar-refractivity contribution is 0.358. The molecule has 0 aliphatic carbocycles. The van der Waals surface area contributed by atoms with E-state index in [-0.39, 0.29) is 11.2 Å². The predicted octanol–water partition coefficient (Wildman–Crippen LogP) is 1.47. The van der Waals surface area contributed by atoms with Gasteiger partial charge >= 0.3 is 7.69 Å². The van der Waals surface area contributed by atoms with E-state index in [1.165, 1.54) is 7.11 Å². The fourth-order valence-electron chi connectivity index (χ4n) is 2.02. The summed E-state index contributed by atoms with van der Waals surface area (Å²) in [6.45, 7) is 3.60. The van der Waals surface area contributed by atoms with Crippen LogP contribution < -0.4 is 20.7 Å². The van der Waals surface area contributed by atoms with E-state index in [9.17, 15) is 4.79 Å². The van der Waals surface area contributed by atoms with Gasteiger partial charge in [0.15, 0.2) is 11.5 Å². The van der Waals surface area contributed by atoms with Crippen LogP contribution in [0.15, 0.2) is 39.5 Å². The lowest BCUT2D eigenvalue weighted by Crippen LogP contribution is -2.39. The van der Waals surface area contributed by atoms with Crippen molar-refractivity contribution < 1.29 is 13.7 Å². The molecule has 0 amide bonds. The minimum atomic E-state index is -0.232. The lowest BCUT2D eigenvalue weighted by atomic mass is 10.1. The fraction of sp³-hybridized carbons (Fsp3) is 0.188. The van der Waals surface area contributed by atoms with Crippen molar-refractivity contribution in [2.24, 2.45) is 0 Å². The Hall–Kier alpha value is -2.27. The van der Waals surface area contributed by atoms with Gasteiger partial charge in [-0.1, -0.05) is 36.4 Å². The SMILES string of the molecule is C/C=c1/oc(-c2ccccc2)c(O[B]OC)c(=O)/c1=C/C. The molecular formula is C16H16BO4. The first-order valence-electron chi connectivity index (χ1n) is 6.59. The third-order valence-electron chi connectivity index (χ3n) is 2.98. The van der Waals surface area contributed by atoms with Gasteiger partial charge in [0.2, 0.25) is 5.43 Å². The van der Waals surface area contributed by atoms with Crippen molar-refractivity contribution in [1.29, 1.82) is 0 Å². The normalized spacial score (nSPS) is 12.5. The molecule has 0 unspecified atom stereocenters. The quantitative estimate of drug-likeness (QED) is 0.797. The first-order valence-corrected chi connectivity index (χ1v) is 6.59. The van der Waals surface area contributed by atoms with Crippen LogP contribution in [-0.4, -0.2) is 14.8 Å². The molecule has 0 spiro atoms. The molecule has 0 bridgehead atoms. The number of hydrogen-bond donors (Lipinski definition) is 0. The molecule has 0 aliphatic rings. The third-order valence-corrected chi connectivity index (χ3v) is 2.98. The Balaban J connectivity index is 2.80. The Bertz CT molecular complexity index is 778. The zero-order chi connectivity index (χ0) is 15.2. The maximum Gasteiger partial charge on any atom is 0.572 e. The van der Waals surface area contributed by atoms with E-state index in [2.05, 4.69) is 0 Å². The van der Waals surface area contributed by atoms with Gasteiger partial charge in [-0.3, -0.25) is 4.79 Å². The summed E-state index contributed by atoms with van der Waals surface area (Å²) in [6.07, 6.45) is 3.46. The smallest absolute Gasteiger partial charge is 0.532 e. The number of benzene rings is 1. The highest BCUT2D eigenvalue weighted by molar-refractivity contribution is 6.19. The molecule has 0 saturated carbocycles. The van der Waals surface area contributed by atoms with Crippen LogP contribution in [0.3, 0.4) is 0 Å². The van der Waals surface area contributed by atoms with Crippen LogP contribution in [-0.2, 0) is 4.65 Å². The van der Waals surface area contributed by atoms with Crippen molar-refractivity contribution in [2.75, 3.05) is 7.11 Å². The monoisotopic (exact) mass is 283 g/mol. The molecule has 0 fully saturated rings. The Kier molecular flexibility index (Phi) is 5.01. The molecule has 0 N–H and O–H groups in total. The Morgan fingerprint density at radius 1 is 1.14 bits per heavy atom.